The largest absolute Gasteiger partial charge is 0.379 e. The molecule has 11 heavy (non-hydrogen) atoms. The van der Waals surface area contributed by atoms with Crippen LogP contribution in [0.1, 0.15) is 6.42 Å². The molecule has 1 saturated heterocycles. The van der Waals surface area contributed by atoms with E-state index in [4.69, 9.17) is 20.9 Å². The van der Waals surface area contributed by atoms with Crippen LogP contribution in [0.4, 0.5) is 0 Å². The fourth-order valence-corrected chi connectivity index (χ4v) is 1.32. The Morgan fingerprint density at radius 2 is 2.45 bits per heavy atom. The van der Waals surface area contributed by atoms with Crippen LogP contribution in [-0.4, -0.2) is 38.5 Å². The lowest BCUT2D eigenvalue weighted by Crippen LogP contribution is -2.61. The molecule has 4 N–H and O–H groups in total. The van der Waals surface area contributed by atoms with Gasteiger partial charge < -0.3 is 20.9 Å². The molecular formula is C7H16N2O2. The van der Waals surface area contributed by atoms with Crippen LogP contribution in [0.15, 0.2) is 0 Å². The maximum atomic E-state index is 5.98. The molecule has 0 aliphatic carbocycles. The summed E-state index contributed by atoms with van der Waals surface area (Å²) < 4.78 is 10.4. The van der Waals surface area contributed by atoms with Crippen molar-refractivity contribution in [3.05, 3.63) is 0 Å². The molecular weight excluding hydrogens is 144 g/mol. The normalized spacial score (nSPS) is 39.0. The molecule has 4 nitrogen and oxygen atoms in total. The molecule has 0 aromatic heterocycles. The zero-order valence-corrected chi connectivity index (χ0v) is 6.88. The molecule has 1 heterocycles. The zero-order valence-electron chi connectivity index (χ0n) is 6.88. The van der Waals surface area contributed by atoms with Gasteiger partial charge in [0.2, 0.25) is 0 Å². The third kappa shape index (κ3) is 1.70. The minimum absolute atomic E-state index is 0.0544. The van der Waals surface area contributed by atoms with Gasteiger partial charge in [-0.25, -0.2) is 0 Å². The van der Waals surface area contributed by atoms with Crippen LogP contribution < -0.4 is 11.5 Å². The monoisotopic (exact) mass is 160 g/mol. The van der Waals surface area contributed by atoms with Crippen LogP contribution in [0.2, 0.25) is 0 Å². The highest BCUT2D eigenvalue weighted by Gasteiger charge is 2.36. The van der Waals surface area contributed by atoms with Gasteiger partial charge in [0.05, 0.1) is 18.2 Å². The molecule has 0 radical (unpaired) electrons. The van der Waals surface area contributed by atoms with Crippen LogP contribution >= 0.6 is 0 Å². The standard InChI is InChI=1S/C7H16N2O2/c1-10-6-4-11-3-2-7(6,9)5-8/h6H,2-5,8-9H2,1H3. The predicted octanol–water partition coefficient (Wildman–Crippen LogP) is -0.922. The van der Waals surface area contributed by atoms with Crippen molar-refractivity contribution in [3.63, 3.8) is 0 Å². The first-order valence-electron chi connectivity index (χ1n) is 3.82. The summed E-state index contributed by atoms with van der Waals surface area (Å²) in [4.78, 5) is 0. The zero-order chi connectivity index (χ0) is 8.32. The van der Waals surface area contributed by atoms with Gasteiger partial charge in [-0.05, 0) is 6.42 Å². The third-order valence-electron chi connectivity index (χ3n) is 2.29. The lowest BCUT2D eigenvalue weighted by Gasteiger charge is -2.38. The summed E-state index contributed by atoms with van der Waals surface area (Å²) in [5.74, 6) is 0. The molecule has 4 heteroatoms. The molecule has 1 rings (SSSR count). The molecule has 1 fully saturated rings. The van der Waals surface area contributed by atoms with E-state index in [1.54, 1.807) is 7.11 Å². The lowest BCUT2D eigenvalue weighted by atomic mass is 9.89. The van der Waals surface area contributed by atoms with Crippen molar-refractivity contribution in [3.8, 4) is 0 Å². The predicted molar refractivity (Wildman–Crippen MR) is 42.2 cm³/mol. The lowest BCUT2D eigenvalue weighted by molar-refractivity contribution is -0.0745. The molecule has 1 aliphatic heterocycles. The maximum absolute atomic E-state index is 5.98. The topological polar surface area (TPSA) is 70.5 Å². The van der Waals surface area contributed by atoms with Gasteiger partial charge in [-0.15, -0.1) is 0 Å². The molecule has 0 aromatic rings. The van der Waals surface area contributed by atoms with Crippen molar-refractivity contribution in [1.82, 2.24) is 0 Å². The van der Waals surface area contributed by atoms with Gasteiger partial charge in [0.1, 0.15) is 0 Å². The third-order valence-corrected chi connectivity index (χ3v) is 2.29. The maximum Gasteiger partial charge on any atom is 0.0996 e. The van der Waals surface area contributed by atoms with E-state index in [0.29, 0.717) is 19.8 Å². The minimum atomic E-state index is -0.382. The van der Waals surface area contributed by atoms with Gasteiger partial charge in [-0.2, -0.15) is 0 Å². The summed E-state index contributed by atoms with van der Waals surface area (Å²) in [5, 5.41) is 0. The van der Waals surface area contributed by atoms with E-state index in [2.05, 4.69) is 0 Å². The highest BCUT2D eigenvalue weighted by Crippen LogP contribution is 2.18. The summed E-state index contributed by atoms with van der Waals surface area (Å²) >= 11 is 0. The van der Waals surface area contributed by atoms with E-state index in [-0.39, 0.29) is 11.6 Å². The van der Waals surface area contributed by atoms with Crippen molar-refractivity contribution >= 4 is 0 Å². The van der Waals surface area contributed by atoms with E-state index in [0.717, 1.165) is 6.42 Å². The highest BCUT2D eigenvalue weighted by molar-refractivity contribution is 4.95. The number of ether oxygens (including phenoxy) is 2. The van der Waals surface area contributed by atoms with E-state index >= 15 is 0 Å². The minimum Gasteiger partial charge on any atom is -0.379 e. The van der Waals surface area contributed by atoms with E-state index < -0.39 is 0 Å². The first-order valence-corrected chi connectivity index (χ1v) is 3.82. The van der Waals surface area contributed by atoms with Gasteiger partial charge >= 0.3 is 0 Å². The number of hydrogen-bond donors (Lipinski definition) is 2. The Kier molecular flexibility index (Phi) is 2.84. The highest BCUT2D eigenvalue weighted by atomic mass is 16.5. The van der Waals surface area contributed by atoms with Crippen LogP contribution in [0.5, 0.6) is 0 Å². The summed E-state index contributed by atoms with van der Waals surface area (Å²) in [6, 6.07) is 0. The number of hydrogen-bond acceptors (Lipinski definition) is 4. The average molecular weight is 160 g/mol. The molecule has 1 aliphatic rings. The number of methoxy groups -OCH3 is 1. The van der Waals surface area contributed by atoms with Crippen LogP contribution in [-0.2, 0) is 9.47 Å². The molecule has 0 saturated carbocycles. The first kappa shape index (κ1) is 8.93. The van der Waals surface area contributed by atoms with Gasteiger partial charge in [0.25, 0.3) is 0 Å². The Balaban J connectivity index is 2.57. The van der Waals surface area contributed by atoms with Crippen molar-refractivity contribution in [2.24, 2.45) is 11.5 Å². The van der Waals surface area contributed by atoms with Crippen LogP contribution in [0.25, 0.3) is 0 Å². The molecule has 0 bridgehead atoms. The number of rotatable bonds is 2. The Morgan fingerprint density at radius 1 is 1.73 bits per heavy atom. The average Bonchev–Trinajstić information content (AvgIpc) is 2.05. The molecule has 0 spiro atoms. The fourth-order valence-electron chi connectivity index (χ4n) is 1.32. The quantitative estimate of drug-likeness (QED) is 0.548. The van der Waals surface area contributed by atoms with Crippen LogP contribution in [0, 0.1) is 0 Å². The molecule has 2 unspecified atom stereocenters. The van der Waals surface area contributed by atoms with Crippen molar-refractivity contribution < 1.29 is 9.47 Å². The molecule has 66 valence electrons. The van der Waals surface area contributed by atoms with Gasteiger partial charge in [0.15, 0.2) is 0 Å². The fraction of sp³-hybridized carbons (Fsp3) is 1.00. The summed E-state index contributed by atoms with van der Waals surface area (Å²) in [6.07, 6.45) is 0.725. The van der Waals surface area contributed by atoms with E-state index in [1.165, 1.54) is 0 Å². The Bertz CT molecular complexity index is 132. The summed E-state index contributed by atoms with van der Waals surface area (Å²) in [5.41, 5.74) is 11.1. The first-order chi connectivity index (χ1) is 5.23. The Labute approximate surface area is 66.8 Å². The van der Waals surface area contributed by atoms with Crippen molar-refractivity contribution in [2.75, 3.05) is 26.9 Å². The Hall–Kier alpha value is -0.160. The number of nitrogens with two attached hydrogens (primary N) is 2. The van der Waals surface area contributed by atoms with E-state index in [9.17, 15) is 0 Å². The van der Waals surface area contributed by atoms with Gasteiger partial charge in [-0.1, -0.05) is 0 Å². The summed E-state index contributed by atoms with van der Waals surface area (Å²) in [7, 11) is 1.64. The van der Waals surface area contributed by atoms with Gasteiger partial charge in [-0.3, -0.25) is 0 Å². The smallest absolute Gasteiger partial charge is 0.0996 e. The second-order valence-corrected chi connectivity index (χ2v) is 2.99. The Morgan fingerprint density at radius 3 is 2.91 bits per heavy atom. The second kappa shape index (κ2) is 3.49. The van der Waals surface area contributed by atoms with Crippen molar-refractivity contribution in [1.29, 1.82) is 0 Å². The second-order valence-electron chi connectivity index (χ2n) is 2.99. The summed E-state index contributed by atoms with van der Waals surface area (Å²) in [6.45, 7) is 1.70. The van der Waals surface area contributed by atoms with Crippen LogP contribution in [0.3, 0.4) is 0 Å². The van der Waals surface area contributed by atoms with Gasteiger partial charge in [0, 0.05) is 20.3 Å². The SMILES string of the molecule is COC1COCCC1(N)CN. The molecule has 0 aromatic carbocycles. The van der Waals surface area contributed by atoms with E-state index in [1.807, 2.05) is 0 Å². The van der Waals surface area contributed by atoms with Crippen molar-refractivity contribution in [2.45, 2.75) is 18.1 Å². The molecule has 0 amide bonds. The molecule has 2 atom stereocenters.